The third-order valence-electron chi connectivity index (χ3n) is 3.28. The number of aryl methyl sites for hydroxylation is 2. The smallest absolute Gasteiger partial charge is 0.128 e. The van der Waals surface area contributed by atoms with Crippen molar-refractivity contribution < 1.29 is 13.2 Å². The van der Waals surface area contributed by atoms with E-state index in [0.29, 0.717) is 11.1 Å². The monoisotopic (exact) mass is 279 g/mol. The lowest BCUT2D eigenvalue weighted by Crippen LogP contribution is -2.20. The molecule has 2 aromatic rings. The minimum atomic E-state index is -0.676. The lowest BCUT2D eigenvalue weighted by molar-refractivity contribution is 0.554. The minimum absolute atomic E-state index is 0.357. The fourth-order valence-electron chi connectivity index (χ4n) is 2.51. The zero-order valence-corrected chi connectivity index (χ0v) is 11.6. The highest BCUT2D eigenvalue weighted by molar-refractivity contribution is 5.40. The van der Waals surface area contributed by atoms with Gasteiger partial charge >= 0.3 is 0 Å². The predicted molar refractivity (Wildman–Crippen MR) is 73.1 cm³/mol. The Hall–Kier alpha value is -1.81. The highest BCUT2D eigenvalue weighted by Gasteiger charge is 2.20. The highest BCUT2D eigenvalue weighted by Crippen LogP contribution is 2.29. The van der Waals surface area contributed by atoms with Crippen LogP contribution in [0, 0.1) is 31.3 Å². The Morgan fingerprint density at radius 1 is 0.900 bits per heavy atom. The molecule has 1 atom stereocenters. The Bertz CT molecular complexity index is 594. The summed E-state index contributed by atoms with van der Waals surface area (Å²) in [6.07, 6.45) is 0. The Morgan fingerprint density at radius 3 is 2.00 bits per heavy atom. The van der Waals surface area contributed by atoms with Gasteiger partial charge < -0.3 is 5.32 Å². The van der Waals surface area contributed by atoms with Gasteiger partial charge in [0.25, 0.3) is 0 Å². The van der Waals surface area contributed by atoms with Crippen LogP contribution in [0.15, 0.2) is 30.3 Å². The lowest BCUT2D eigenvalue weighted by atomic mass is 9.93. The molecule has 1 N–H and O–H groups in total. The highest BCUT2D eigenvalue weighted by atomic mass is 19.1. The molecular weight excluding hydrogens is 263 g/mol. The van der Waals surface area contributed by atoms with Crippen LogP contribution in [0.4, 0.5) is 13.2 Å². The summed E-state index contributed by atoms with van der Waals surface area (Å²) in [5.41, 5.74) is 2.31. The molecule has 4 heteroatoms. The van der Waals surface area contributed by atoms with Gasteiger partial charge in [0.1, 0.15) is 17.5 Å². The summed E-state index contributed by atoms with van der Waals surface area (Å²) >= 11 is 0. The van der Waals surface area contributed by atoms with Crippen LogP contribution in [0.3, 0.4) is 0 Å². The van der Waals surface area contributed by atoms with Crippen molar-refractivity contribution in [2.45, 2.75) is 19.9 Å². The quantitative estimate of drug-likeness (QED) is 0.894. The molecule has 0 aliphatic carbocycles. The molecule has 0 spiro atoms. The van der Waals surface area contributed by atoms with Crippen LogP contribution in [0.1, 0.15) is 28.3 Å². The van der Waals surface area contributed by atoms with Gasteiger partial charge in [-0.3, -0.25) is 0 Å². The average molecular weight is 279 g/mol. The van der Waals surface area contributed by atoms with Gasteiger partial charge in [0.15, 0.2) is 0 Å². The molecule has 1 nitrogen and oxygen atoms in total. The van der Waals surface area contributed by atoms with Gasteiger partial charge in [0, 0.05) is 11.6 Å². The van der Waals surface area contributed by atoms with E-state index in [-0.39, 0.29) is 5.82 Å². The maximum Gasteiger partial charge on any atom is 0.128 e. The number of nitrogens with one attached hydrogen (secondary N) is 1. The zero-order valence-electron chi connectivity index (χ0n) is 11.6. The van der Waals surface area contributed by atoms with Gasteiger partial charge in [-0.2, -0.15) is 0 Å². The van der Waals surface area contributed by atoms with E-state index in [1.54, 1.807) is 20.9 Å². The van der Waals surface area contributed by atoms with E-state index in [9.17, 15) is 13.2 Å². The summed E-state index contributed by atoms with van der Waals surface area (Å²) in [5.74, 6) is -1.73. The zero-order chi connectivity index (χ0) is 14.9. The van der Waals surface area contributed by atoms with Crippen molar-refractivity contribution in [3.8, 4) is 0 Å². The van der Waals surface area contributed by atoms with Crippen molar-refractivity contribution in [3.63, 3.8) is 0 Å². The number of rotatable bonds is 3. The van der Waals surface area contributed by atoms with Crippen LogP contribution in [0.2, 0.25) is 0 Å². The van der Waals surface area contributed by atoms with Crippen LogP contribution in [0.5, 0.6) is 0 Å². The predicted octanol–water partition coefficient (Wildman–Crippen LogP) is 4.03. The summed E-state index contributed by atoms with van der Waals surface area (Å²) in [6, 6.07) is 5.89. The molecule has 0 aliphatic heterocycles. The van der Waals surface area contributed by atoms with Gasteiger partial charge in [-0.05, 0) is 55.8 Å². The maximum atomic E-state index is 14.2. The van der Waals surface area contributed by atoms with Crippen molar-refractivity contribution in [1.82, 2.24) is 5.32 Å². The molecule has 0 aromatic heterocycles. The topological polar surface area (TPSA) is 12.0 Å². The fraction of sp³-hybridized carbons (Fsp3) is 0.250. The number of hydrogen-bond acceptors (Lipinski definition) is 1. The normalized spacial score (nSPS) is 12.5. The molecule has 2 rings (SSSR count). The largest absolute Gasteiger partial charge is 0.309 e. The number of halogens is 3. The Labute approximate surface area is 116 Å². The van der Waals surface area contributed by atoms with E-state index in [1.807, 2.05) is 6.07 Å². The van der Waals surface area contributed by atoms with Gasteiger partial charge in [0.05, 0.1) is 6.04 Å². The van der Waals surface area contributed by atoms with Gasteiger partial charge in [-0.1, -0.05) is 6.07 Å². The fourth-order valence-corrected chi connectivity index (χ4v) is 2.51. The summed E-state index contributed by atoms with van der Waals surface area (Å²) in [4.78, 5) is 0. The third kappa shape index (κ3) is 2.85. The van der Waals surface area contributed by atoms with E-state index >= 15 is 0 Å². The first-order valence-corrected chi connectivity index (χ1v) is 6.32. The Balaban J connectivity index is 2.58. The Morgan fingerprint density at radius 2 is 1.50 bits per heavy atom. The SMILES string of the molecule is CNC(c1cc(F)cc(F)c1)c1c(C)cc(C)cc1F. The molecule has 20 heavy (non-hydrogen) atoms. The van der Waals surface area contributed by atoms with E-state index in [4.69, 9.17) is 0 Å². The molecule has 1 unspecified atom stereocenters. The lowest BCUT2D eigenvalue weighted by Gasteiger charge is -2.21. The molecule has 0 saturated carbocycles. The van der Waals surface area contributed by atoms with Gasteiger partial charge in [0.2, 0.25) is 0 Å². The van der Waals surface area contributed by atoms with E-state index in [1.165, 1.54) is 18.2 Å². The van der Waals surface area contributed by atoms with Gasteiger partial charge in [-0.15, -0.1) is 0 Å². The maximum absolute atomic E-state index is 14.2. The van der Waals surface area contributed by atoms with Gasteiger partial charge in [-0.25, -0.2) is 13.2 Å². The van der Waals surface area contributed by atoms with Crippen molar-refractivity contribution in [1.29, 1.82) is 0 Å². The number of hydrogen-bond donors (Lipinski definition) is 1. The van der Waals surface area contributed by atoms with E-state index < -0.39 is 17.7 Å². The Kier molecular flexibility index (Phi) is 4.14. The molecule has 0 bridgehead atoms. The summed E-state index contributed by atoms with van der Waals surface area (Å²) in [5, 5.41) is 2.92. The first-order chi connectivity index (χ1) is 9.42. The second kappa shape index (κ2) is 5.67. The van der Waals surface area contributed by atoms with Crippen molar-refractivity contribution in [2.75, 3.05) is 7.05 Å². The molecular formula is C16H16F3N. The summed E-state index contributed by atoms with van der Waals surface area (Å²) in [6.45, 7) is 3.58. The van der Waals surface area contributed by atoms with Crippen LogP contribution >= 0.6 is 0 Å². The molecule has 0 heterocycles. The van der Waals surface area contributed by atoms with Crippen LogP contribution < -0.4 is 5.32 Å². The van der Waals surface area contributed by atoms with Crippen LogP contribution in [0.25, 0.3) is 0 Å². The first kappa shape index (κ1) is 14.6. The minimum Gasteiger partial charge on any atom is -0.309 e. The van der Waals surface area contributed by atoms with E-state index in [2.05, 4.69) is 5.32 Å². The second-order valence-corrected chi connectivity index (χ2v) is 4.90. The average Bonchev–Trinajstić information content (AvgIpc) is 2.32. The molecule has 0 saturated heterocycles. The molecule has 0 aliphatic rings. The molecule has 106 valence electrons. The second-order valence-electron chi connectivity index (χ2n) is 4.90. The molecule has 0 radical (unpaired) electrons. The standard InChI is InChI=1S/C16H16F3N/c1-9-4-10(2)15(14(19)5-9)16(20-3)11-6-12(17)8-13(18)7-11/h4-8,16,20H,1-3H3. The number of benzene rings is 2. The van der Waals surface area contributed by atoms with Crippen molar-refractivity contribution in [3.05, 3.63) is 70.0 Å². The van der Waals surface area contributed by atoms with Crippen LogP contribution in [-0.2, 0) is 0 Å². The van der Waals surface area contributed by atoms with Crippen molar-refractivity contribution >= 4 is 0 Å². The summed E-state index contributed by atoms with van der Waals surface area (Å²) in [7, 11) is 1.63. The molecule has 0 fully saturated rings. The van der Waals surface area contributed by atoms with E-state index in [0.717, 1.165) is 17.2 Å². The van der Waals surface area contributed by atoms with Crippen LogP contribution in [-0.4, -0.2) is 7.05 Å². The van der Waals surface area contributed by atoms with Crippen molar-refractivity contribution in [2.24, 2.45) is 0 Å². The molecule has 2 aromatic carbocycles. The summed E-state index contributed by atoms with van der Waals surface area (Å²) < 4.78 is 40.9. The third-order valence-corrected chi connectivity index (χ3v) is 3.28. The first-order valence-electron chi connectivity index (χ1n) is 6.32. The molecule has 0 amide bonds.